The molecular weight excluding hydrogens is 262 g/mol. The lowest BCUT2D eigenvalue weighted by Gasteiger charge is -2.18. The number of amides is 1. The molecule has 0 saturated heterocycles. The summed E-state index contributed by atoms with van der Waals surface area (Å²) >= 11 is 1.60. The molecule has 4 N–H and O–H groups in total. The van der Waals surface area contributed by atoms with Gasteiger partial charge < -0.3 is 16.3 Å². The van der Waals surface area contributed by atoms with E-state index in [2.05, 4.69) is 10.5 Å². The molecule has 19 heavy (non-hydrogen) atoms. The van der Waals surface area contributed by atoms with E-state index >= 15 is 0 Å². The Morgan fingerprint density at radius 3 is 2.68 bits per heavy atom. The van der Waals surface area contributed by atoms with Gasteiger partial charge in [0.25, 0.3) is 0 Å². The van der Waals surface area contributed by atoms with Gasteiger partial charge in [0.15, 0.2) is 5.84 Å². The van der Waals surface area contributed by atoms with Gasteiger partial charge in [0.05, 0.1) is 0 Å². The van der Waals surface area contributed by atoms with Crippen molar-refractivity contribution in [2.45, 2.75) is 18.7 Å². The number of thioether (sulfide) groups is 1. The molecule has 1 amide bonds. The largest absolute Gasteiger partial charge is 0.409 e. The van der Waals surface area contributed by atoms with Crippen LogP contribution in [0.4, 0.5) is 5.69 Å². The monoisotopic (exact) mass is 281 g/mol. The summed E-state index contributed by atoms with van der Waals surface area (Å²) in [5.74, 6) is -1.06. The smallest absolute Gasteiger partial charge is 0.235 e. The predicted octanol–water partition coefficient (Wildman–Crippen LogP) is 2.37. The highest BCUT2D eigenvalue weighted by Crippen LogP contribution is 2.20. The fourth-order valence-corrected chi connectivity index (χ4v) is 2.22. The molecule has 1 unspecified atom stereocenters. The number of nitrogens with zero attached hydrogens (tertiary/aromatic N) is 1. The van der Waals surface area contributed by atoms with E-state index in [1.807, 2.05) is 38.3 Å². The molecule has 6 heteroatoms. The zero-order valence-electron chi connectivity index (χ0n) is 11.3. The van der Waals surface area contributed by atoms with Crippen LogP contribution < -0.4 is 11.1 Å². The van der Waals surface area contributed by atoms with E-state index in [0.29, 0.717) is 5.69 Å². The summed E-state index contributed by atoms with van der Waals surface area (Å²) in [6.45, 7) is 3.70. The minimum atomic E-state index is -0.650. The second-order valence-electron chi connectivity index (χ2n) is 4.47. The van der Waals surface area contributed by atoms with Gasteiger partial charge in [0, 0.05) is 10.6 Å². The molecule has 0 heterocycles. The summed E-state index contributed by atoms with van der Waals surface area (Å²) in [5.41, 5.74) is 6.27. The first-order chi connectivity index (χ1) is 8.99. The first-order valence-corrected chi connectivity index (χ1v) is 7.14. The van der Waals surface area contributed by atoms with E-state index in [-0.39, 0.29) is 17.7 Å². The SMILES string of the molecule is CSc1cccc(NC(=O)C(C(N)=NO)C(C)C)c1. The van der Waals surface area contributed by atoms with Gasteiger partial charge in [0.1, 0.15) is 5.92 Å². The van der Waals surface area contributed by atoms with Gasteiger partial charge in [-0.05, 0) is 30.4 Å². The summed E-state index contributed by atoms with van der Waals surface area (Å²) in [6, 6.07) is 7.52. The number of oxime groups is 1. The Kier molecular flexibility index (Phi) is 5.69. The lowest BCUT2D eigenvalue weighted by Crippen LogP contribution is -2.38. The highest BCUT2D eigenvalue weighted by Gasteiger charge is 2.26. The Morgan fingerprint density at radius 2 is 2.16 bits per heavy atom. The van der Waals surface area contributed by atoms with E-state index in [1.165, 1.54) is 0 Å². The Labute approximate surface area is 117 Å². The highest BCUT2D eigenvalue weighted by molar-refractivity contribution is 7.98. The van der Waals surface area contributed by atoms with Crippen molar-refractivity contribution in [3.63, 3.8) is 0 Å². The lowest BCUT2D eigenvalue weighted by atomic mass is 9.94. The molecule has 1 aromatic rings. The molecule has 1 aromatic carbocycles. The topological polar surface area (TPSA) is 87.7 Å². The average Bonchev–Trinajstić information content (AvgIpc) is 2.38. The summed E-state index contributed by atoms with van der Waals surface area (Å²) in [7, 11) is 0. The van der Waals surface area contributed by atoms with Crippen LogP contribution in [0.1, 0.15) is 13.8 Å². The van der Waals surface area contributed by atoms with Crippen molar-refractivity contribution in [2.75, 3.05) is 11.6 Å². The molecule has 0 aliphatic heterocycles. The number of anilines is 1. The van der Waals surface area contributed by atoms with E-state index in [1.54, 1.807) is 17.8 Å². The van der Waals surface area contributed by atoms with Crippen LogP contribution in [0, 0.1) is 11.8 Å². The summed E-state index contributed by atoms with van der Waals surface area (Å²) in [6.07, 6.45) is 1.97. The van der Waals surface area contributed by atoms with Crippen molar-refractivity contribution in [3.05, 3.63) is 24.3 Å². The number of rotatable bonds is 5. The Balaban J connectivity index is 2.87. The van der Waals surface area contributed by atoms with Crippen molar-refractivity contribution < 1.29 is 10.0 Å². The van der Waals surface area contributed by atoms with Crippen LogP contribution in [0.5, 0.6) is 0 Å². The third kappa shape index (κ3) is 4.17. The fourth-order valence-electron chi connectivity index (χ4n) is 1.76. The van der Waals surface area contributed by atoms with Crippen molar-refractivity contribution in [2.24, 2.45) is 22.7 Å². The number of hydrogen-bond donors (Lipinski definition) is 3. The zero-order chi connectivity index (χ0) is 14.4. The molecule has 0 radical (unpaired) electrons. The lowest BCUT2D eigenvalue weighted by molar-refractivity contribution is -0.119. The molecule has 0 saturated carbocycles. The normalized spacial score (nSPS) is 13.4. The minimum absolute atomic E-state index is 0.0559. The quantitative estimate of drug-likeness (QED) is 0.254. The number of benzene rings is 1. The fraction of sp³-hybridized carbons (Fsp3) is 0.385. The standard InChI is InChI=1S/C13H19N3O2S/c1-8(2)11(12(14)16-18)13(17)15-9-5-4-6-10(7-9)19-3/h4-8,11,18H,1-3H3,(H2,14,16)(H,15,17). The van der Waals surface area contributed by atoms with Crippen LogP contribution in [0.25, 0.3) is 0 Å². The molecule has 0 aliphatic rings. The molecule has 0 fully saturated rings. The Morgan fingerprint density at radius 1 is 1.47 bits per heavy atom. The van der Waals surface area contributed by atoms with Crippen LogP contribution in [0.2, 0.25) is 0 Å². The summed E-state index contributed by atoms with van der Waals surface area (Å²) < 4.78 is 0. The number of carbonyl (C=O) groups is 1. The first kappa shape index (κ1) is 15.4. The number of amidine groups is 1. The molecule has 0 aliphatic carbocycles. The van der Waals surface area contributed by atoms with E-state index < -0.39 is 5.92 Å². The van der Waals surface area contributed by atoms with Gasteiger partial charge in [-0.2, -0.15) is 0 Å². The van der Waals surface area contributed by atoms with Gasteiger partial charge in [-0.1, -0.05) is 25.1 Å². The maximum absolute atomic E-state index is 12.2. The van der Waals surface area contributed by atoms with Gasteiger partial charge in [-0.3, -0.25) is 4.79 Å². The molecule has 0 bridgehead atoms. The third-order valence-corrected chi connectivity index (χ3v) is 3.45. The average molecular weight is 281 g/mol. The molecule has 1 rings (SSSR count). The third-order valence-electron chi connectivity index (χ3n) is 2.72. The van der Waals surface area contributed by atoms with Crippen molar-refractivity contribution in [1.29, 1.82) is 0 Å². The molecule has 0 aromatic heterocycles. The number of carbonyl (C=O) groups excluding carboxylic acids is 1. The molecule has 5 nitrogen and oxygen atoms in total. The number of hydrogen-bond acceptors (Lipinski definition) is 4. The zero-order valence-corrected chi connectivity index (χ0v) is 12.1. The van der Waals surface area contributed by atoms with Gasteiger partial charge in [0.2, 0.25) is 5.91 Å². The number of nitrogens with one attached hydrogen (secondary N) is 1. The highest BCUT2D eigenvalue weighted by atomic mass is 32.2. The van der Waals surface area contributed by atoms with Crippen LogP contribution in [0.15, 0.2) is 34.3 Å². The van der Waals surface area contributed by atoms with Crippen LogP contribution in [0.3, 0.4) is 0 Å². The first-order valence-electron chi connectivity index (χ1n) is 5.92. The number of nitrogens with two attached hydrogens (primary N) is 1. The summed E-state index contributed by atoms with van der Waals surface area (Å²) in [4.78, 5) is 13.2. The van der Waals surface area contributed by atoms with Gasteiger partial charge in [-0.15, -0.1) is 11.8 Å². The second-order valence-corrected chi connectivity index (χ2v) is 5.35. The molecule has 0 spiro atoms. The van der Waals surface area contributed by atoms with Crippen LogP contribution >= 0.6 is 11.8 Å². The van der Waals surface area contributed by atoms with Crippen molar-refractivity contribution >= 4 is 29.2 Å². The second kappa shape index (κ2) is 7.04. The predicted molar refractivity (Wildman–Crippen MR) is 78.6 cm³/mol. The maximum atomic E-state index is 12.2. The van der Waals surface area contributed by atoms with Crippen LogP contribution in [-0.4, -0.2) is 23.2 Å². The molecule has 1 atom stereocenters. The van der Waals surface area contributed by atoms with Gasteiger partial charge in [-0.25, -0.2) is 0 Å². The maximum Gasteiger partial charge on any atom is 0.235 e. The van der Waals surface area contributed by atoms with E-state index in [4.69, 9.17) is 10.9 Å². The van der Waals surface area contributed by atoms with Crippen molar-refractivity contribution in [3.8, 4) is 0 Å². The van der Waals surface area contributed by atoms with Crippen molar-refractivity contribution in [1.82, 2.24) is 0 Å². The van der Waals surface area contributed by atoms with Crippen LogP contribution in [-0.2, 0) is 4.79 Å². The van der Waals surface area contributed by atoms with E-state index in [0.717, 1.165) is 4.90 Å². The van der Waals surface area contributed by atoms with Gasteiger partial charge >= 0.3 is 0 Å². The Hall–Kier alpha value is -1.69. The van der Waals surface area contributed by atoms with E-state index in [9.17, 15) is 4.79 Å². The molecular formula is C13H19N3O2S. The Bertz CT molecular complexity index is 475. The summed E-state index contributed by atoms with van der Waals surface area (Å²) in [5, 5.41) is 14.5. The molecule has 104 valence electrons. The minimum Gasteiger partial charge on any atom is -0.409 e.